The highest BCUT2D eigenvalue weighted by Gasteiger charge is 2.34. The van der Waals surface area contributed by atoms with Gasteiger partial charge in [0.15, 0.2) is 0 Å². The van der Waals surface area contributed by atoms with Gasteiger partial charge in [0.25, 0.3) is 17.4 Å². The maximum absolute atomic E-state index is 13.1. The number of hydrogen-bond acceptors (Lipinski definition) is 7. The van der Waals surface area contributed by atoms with Crippen LogP contribution in [0, 0.1) is 0 Å². The van der Waals surface area contributed by atoms with Crippen molar-refractivity contribution in [2.75, 3.05) is 32.0 Å². The van der Waals surface area contributed by atoms with Gasteiger partial charge in [-0.1, -0.05) is 12.1 Å². The van der Waals surface area contributed by atoms with Crippen LogP contribution in [0.1, 0.15) is 20.7 Å². The van der Waals surface area contributed by atoms with Crippen molar-refractivity contribution in [1.29, 1.82) is 0 Å². The molecule has 2 aliphatic rings. The molecule has 2 aliphatic heterocycles. The van der Waals surface area contributed by atoms with E-state index in [2.05, 4.69) is 5.32 Å². The van der Waals surface area contributed by atoms with E-state index in [1.54, 1.807) is 6.07 Å². The van der Waals surface area contributed by atoms with E-state index in [0.29, 0.717) is 0 Å². The summed E-state index contributed by atoms with van der Waals surface area (Å²) in [6.07, 6.45) is 0. The van der Waals surface area contributed by atoms with E-state index < -0.39 is 27.4 Å². The van der Waals surface area contributed by atoms with E-state index in [9.17, 15) is 22.8 Å². The zero-order chi connectivity index (χ0) is 20.1. The minimum atomic E-state index is -3.94. The zero-order valence-electron chi connectivity index (χ0n) is 14.5. The predicted octanol–water partition coefficient (Wildman–Crippen LogP) is -0.676. The number of nitrogens with zero attached hydrogens (tertiary/aromatic N) is 2. The number of benzene rings is 1. The Hall–Kier alpha value is -3.02. The average Bonchev–Trinajstić information content (AvgIpc) is 2.96. The van der Waals surface area contributed by atoms with Crippen molar-refractivity contribution in [1.82, 2.24) is 14.2 Å². The lowest BCUT2D eigenvalue weighted by Crippen LogP contribution is -2.41. The summed E-state index contributed by atoms with van der Waals surface area (Å²) >= 11 is 0. The summed E-state index contributed by atoms with van der Waals surface area (Å²) in [6, 6.07) is 6.85. The Balaban J connectivity index is 1.94. The van der Waals surface area contributed by atoms with Crippen LogP contribution in [-0.2, 0) is 14.8 Å². The van der Waals surface area contributed by atoms with Gasteiger partial charge in [0.1, 0.15) is 10.7 Å². The van der Waals surface area contributed by atoms with Crippen LogP contribution in [0.5, 0.6) is 0 Å². The highest BCUT2D eigenvalue weighted by Crippen LogP contribution is 2.28. The monoisotopic (exact) mass is 404 g/mol. The molecule has 10 nitrogen and oxygen atoms in total. The lowest BCUT2D eigenvalue weighted by molar-refractivity contribution is 0.0730. The number of carbonyl (C=O) groups is 2. The van der Waals surface area contributed by atoms with Crippen LogP contribution in [0.4, 0.5) is 5.82 Å². The Morgan fingerprint density at radius 3 is 2.43 bits per heavy atom. The molecule has 3 N–H and O–H groups in total. The number of anilines is 1. The number of morpholine rings is 1. The molecule has 3 heterocycles. The Morgan fingerprint density at radius 2 is 1.71 bits per heavy atom. The number of pyridine rings is 1. The number of imide groups is 1. The number of hydrogen-bond donors (Lipinski definition) is 2. The molecule has 11 heteroatoms. The fourth-order valence-corrected chi connectivity index (χ4v) is 4.90. The number of nitrogens with two attached hydrogens (primary N) is 1. The van der Waals surface area contributed by atoms with Gasteiger partial charge in [-0.05, 0) is 12.1 Å². The Morgan fingerprint density at radius 1 is 1.04 bits per heavy atom. The first-order valence-electron chi connectivity index (χ1n) is 8.41. The summed E-state index contributed by atoms with van der Waals surface area (Å²) < 4.78 is 33.7. The number of ether oxygens (including phenoxy) is 1. The number of fused-ring (bicyclic) bond motifs is 1. The van der Waals surface area contributed by atoms with Gasteiger partial charge in [-0.15, -0.1) is 0 Å². The largest absolute Gasteiger partial charge is 0.384 e. The minimum Gasteiger partial charge on any atom is -0.384 e. The quantitative estimate of drug-likeness (QED) is 0.646. The van der Waals surface area contributed by atoms with Gasteiger partial charge in [0, 0.05) is 19.2 Å². The molecule has 0 bridgehead atoms. The molecule has 1 fully saturated rings. The predicted molar refractivity (Wildman–Crippen MR) is 97.8 cm³/mol. The number of amides is 2. The molecule has 1 saturated heterocycles. The van der Waals surface area contributed by atoms with Gasteiger partial charge >= 0.3 is 0 Å². The second kappa shape index (κ2) is 6.55. The van der Waals surface area contributed by atoms with Crippen LogP contribution in [0.2, 0.25) is 0 Å². The molecule has 0 radical (unpaired) electrons. The molecule has 2 aromatic rings. The Kier molecular flexibility index (Phi) is 4.29. The third kappa shape index (κ3) is 2.71. The molecule has 146 valence electrons. The standard InChI is InChI=1S/C17H16N4O6S/c18-15-14-10(16(23)19-17(14)24)9-13(22)21(15)11-3-1-2-4-12(11)28(25,26)20-5-7-27-8-6-20/h1-4,9H,5-8,18H2,(H,19,23,24). The Bertz CT molecular complexity index is 1160. The summed E-state index contributed by atoms with van der Waals surface area (Å²) in [5, 5.41) is 2.08. The summed E-state index contributed by atoms with van der Waals surface area (Å²) in [5.41, 5.74) is 5.04. The van der Waals surface area contributed by atoms with Crippen molar-refractivity contribution in [2.45, 2.75) is 4.90 Å². The van der Waals surface area contributed by atoms with Crippen molar-refractivity contribution in [3.8, 4) is 5.69 Å². The summed E-state index contributed by atoms with van der Waals surface area (Å²) in [6.45, 7) is 0.902. The minimum absolute atomic E-state index is 0.00596. The number of rotatable bonds is 3. The maximum atomic E-state index is 13.1. The van der Waals surface area contributed by atoms with Crippen LogP contribution >= 0.6 is 0 Å². The van der Waals surface area contributed by atoms with Gasteiger partial charge in [0.05, 0.1) is 30.0 Å². The van der Waals surface area contributed by atoms with Crippen LogP contribution in [-0.4, -0.2) is 55.4 Å². The number of para-hydroxylation sites is 1. The molecule has 1 aromatic carbocycles. The van der Waals surface area contributed by atoms with Crippen molar-refractivity contribution >= 4 is 27.7 Å². The van der Waals surface area contributed by atoms with Gasteiger partial charge < -0.3 is 10.5 Å². The number of sulfonamides is 1. The summed E-state index contributed by atoms with van der Waals surface area (Å²) in [4.78, 5) is 36.4. The first-order chi connectivity index (χ1) is 13.3. The highest BCUT2D eigenvalue weighted by atomic mass is 32.2. The van der Waals surface area contributed by atoms with E-state index >= 15 is 0 Å². The van der Waals surface area contributed by atoms with Gasteiger partial charge in [-0.25, -0.2) is 8.42 Å². The second-order valence-electron chi connectivity index (χ2n) is 6.26. The van der Waals surface area contributed by atoms with Crippen molar-refractivity contribution in [3.63, 3.8) is 0 Å². The highest BCUT2D eigenvalue weighted by molar-refractivity contribution is 7.89. The topological polar surface area (TPSA) is 141 Å². The van der Waals surface area contributed by atoms with Gasteiger partial charge in [-0.2, -0.15) is 4.31 Å². The molecule has 0 aliphatic carbocycles. The molecular formula is C17H16N4O6S. The first kappa shape index (κ1) is 18.3. The van der Waals surface area contributed by atoms with Crippen molar-refractivity contribution in [2.24, 2.45) is 0 Å². The van der Waals surface area contributed by atoms with Crippen LogP contribution in [0.25, 0.3) is 5.69 Å². The second-order valence-corrected chi connectivity index (χ2v) is 8.17. The average molecular weight is 404 g/mol. The molecule has 2 amide bonds. The number of nitrogens with one attached hydrogen (secondary N) is 1. The lowest BCUT2D eigenvalue weighted by atomic mass is 10.1. The molecule has 1 aromatic heterocycles. The van der Waals surface area contributed by atoms with E-state index in [4.69, 9.17) is 10.5 Å². The molecule has 0 unspecified atom stereocenters. The molecule has 0 atom stereocenters. The van der Waals surface area contributed by atoms with E-state index in [0.717, 1.165) is 10.6 Å². The molecule has 4 rings (SSSR count). The number of aromatic nitrogens is 1. The zero-order valence-corrected chi connectivity index (χ0v) is 15.4. The molecular weight excluding hydrogens is 388 g/mol. The molecule has 0 spiro atoms. The van der Waals surface area contributed by atoms with Crippen molar-refractivity contribution in [3.05, 3.63) is 51.8 Å². The smallest absolute Gasteiger partial charge is 0.262 e. The summed E-state index contributed by atoms with van der Waals surface area (Å²) in [5.74, 6) is -1.75. The van der Waals surface area contributed by atoms with Gasteiger partial charge in [-0.3, -0.25) is 24.3 Å². The SMILES string of the molecule is Nc1c2c(cc(=O)n1-c1ccccc1S(=O)(=O)N1CCOCC1)C(=O)NC2=O. The van der Waals surface area contributed by atoms with E-state index in [1.807, 2.05) is 0 Å². The Labute approximate surface area is 159 Å². The fourth-order valence-electron chi connectivity index (χ4n) is 3.31. The van der Waals surface area contributed by atoms with Crippen LogP contribution in [0.15, 0.2) is 40.0 Å². The fraction of sp³-hybridized carbons (Fsp3) is 0.235. The number of nitrogen functional groups attached to an aromatic ring is 1. The third-order valence-electron chi connectivity index (χ3n) is 4.65. The normalized spacial score (nSPS) is 17.4. The lowest BCUT2D eigenvalue weighted by Gasteiger charge is -2.27. The van der Waals surface area contributed by atoms with Crippen molar-refractivity contribution < 1.29 is 22.7 Å². The first-order valence-corrected chi connectivity index (χ1v) is 9.85. The third-order valence-corrected chi connectivity index (χ3v) is 6.59. The van der Waals surface area contributed by atoms with Gasteiger partial charge in [0.2, 0.25) is 10.0 Å². The summed E-state index contributed by atoms with van der Waals surface area (Å²) in [7, 11) is -3.94. The number of carbonyl (C=O) groups excluding carboxylic acids is 2. The van der Waals surface area contributed by atoms with E-state index in [1.165, 1.54) is 22.5 Å². The molecule has 28 heavy (non-hydrogen) atoms. The van der Waals surface area contributed by atoms with E-state index in [-0.39, 0.29) is 53.8 Å². The maximum Gasteiger partial charge on any atom is 0.262 e. The molecule has 0 saturated carbocycles. The van der Waals surface area contributed by atoms with Crippen LogP contribution < -0.4 is 16.6 Å². The van der Waals surface area contributed by atoms with Crippen LogP contribution in [0.3, 0.4) is 0 Å².